The fraction of sp³-hybridized carbons (Fsp3) is 0.381. The third kappa shape index (κ3) is 4.10. The van der Waals surface area contributed by atoms with Gasteiger partial charge in [0.05, 0.1) is 24.2 Å². The van der Waals surface area contributed by atoms with Crippen molar-refractivity contribution in [3.05, 3.63) is 59.7 Å². The van der Waals surface area contributed by atoms with E-state index >= 15 is 0 Å². The van der Waals surface area contributed by atoms with Gasteiger partial charge in [-0.25, -0.2) is 9.67 Å². The van der Waals surface area contributed by atoms with Gasteiger partial charge in [-0.2, -0.15) is 5.10 Å². The van der Waals surface area contributed by atoms with Gasteiger partial charge in [-0.05, 0) is 51.7 Å². The van der Waals surface area contributed by atoms with Gasteiger partial charge in [0.25, 0.3) is 0 Å². The maximum atomic E-state index is 6.22. The number of anilines is 1. The third-order valence-corrected chi connectivity index (χ3v) is 4.88. The quantitative estimate of drug-likeness (QED) is 0.710. The van der Waals surface area contributed by atoms with E-state index in [9.17, 15) is 0 Å². The Morgan fingerprint density at radius 1 is 1.15 bits per heavy atom. The highest BCUT2D eigenvalue weighted by Gasteiger charge is 2.17. The first kappa shape index (κ1) is 17.5. The topological polar surface area (TPSA) is 64.9 Å². The summed E-state index contributed by atoms with van der Waals surface area (Å²) in [4.78, 5) is 8.96. The Morgan fingerprint density at radius 3 is 2.74 bits per heavy atom. The molecule has 0 spiro atoms. The van der Waals surface area contributed by atoms with Crippen LogP contribution in [0.15, 0.2) is 42.7 Å². The summed E-state index contributed by atoms with van der Waals surface area (Å²) in [5.41, 5.74) is 3.13. The van der Waals surface area contributed by atoms with E-state index in [0.29, 0.717) is 18.5 Å². The molecule has 140 valence electrons. The van der Waals surface area contributed by atoms with Gasteiger partial charge in [-0.3, -0.25) is 4.98 Å². The van der Waals surface area contributed by atoms with E-state index in [-0.39, 0.29) is 0 Å². The minimum Gasteiger partial charge on any atom is -0.490 e. The normalized spacial score (nSPS) is 14.4. The summed E-state index contributed by atoms with van der Waals surface area (Å²) in [5.74, 6) is 2.39. The van der Waals surface area contributed by atoms with Crippen LogP contribution in [0.5, 0.6) is 5.75 Å². The summed E-state index contributed by atoms with van der Waals surface area (Å²) >= 11 is 0. The van der Waals surface area contributed by atoms with E-state index in [4.69, 9.17) is 4.74 Å². The highest BCUT2D eigenvalue weighted by Crippen LogP contribution is 2.27. The van der Waals surface area contributed by atoms with Crippen LogP contribution in [-0.2, 0) is 6.54 Å². The molecule has 4 rings (SSSR count). The number of hydrogen-bond donors (Lipinski definition) is 1. The van der Waals surface area contributed by atoms with Crippen molar-refractivity contribution in [2.45, 2.75) is 52.2 Å². The second-order valence-corrected chi connectivity index (χ2v) is 7.09. The predicted octanol–water partition coefficient (Wildman–Crippen LogP) is 4.21. The van der Waals surface area contributed by atoms with Crippen molar-refractivity contribution < 1.29 is 4.74 Å². The fourth-order valence-electron chi connectivity index (χ4n) is 3.54. The Bertz CT molecular complexity index is 914. The minimum absolute atomic E-state index is 0.347. The molecule has 0 aliphatic heterocycles. The molecule has 0 amide bonds. The minimum atomic E-state index is 0.347. The molecule has 0 saturated heterocycles. The van der Waals surface area contributed by atoms with Crippen LogP contribution < -0.4 is 10.1 Å². The Hall–Kier alpha value is -2.89. The smallest absolute Gasteiger partial charge is 0.174 e. The summed E-state index contributed by atoms with van der Waals surface area (Å²) in [6.07, 6.45) is 8.63. The van der Waals surface area contributed by atoms with Gasteiger partial charge >= 0.3 is 0 Å². The van der Waals surface area contributed by atoms with Crippen LogP contribution in [0.2, 0.25) is 0 Å². The molecule has 1 aliphatic carbocycles. The lowest BCUT2D eigenvalue weighted by atomic mass is 10.2. The Labute approximate surface area is 159 Å². The van der Waals surface area contributed by atoms with E-state index in [0.717, 1.165) is 41.4 Å². The van der Waals surface area contributed by atoms with Crippen LogP contribution in [0.3, 0.4) is 0 Å². The molecule has 27 heavy (non-hydrogen) atoms. The lowest BCUT2D eigenvalue weighted by molar-refractivity contribution is 0.208. The van der Waals surface area contributed by atoms with Crippen LogP contribution >= 0.6 is 0 Å². The van der Waals surface area contributed by atoms with Gasteiger partial charge in [0, 0.05) is 17.8 Å². The summed E-state index contributed by atoms with van der Waals surface area (Å²) < 4.78 is 8.03. The highest BCUT2D eigenvalue weighted by atomic mass is 16.5. The van der Waals surface area contributed by atoms with Crippen molar-refractivity contribution >= 4 is 5.82 Å². The summed E-state index contributed by atoms with van der Waals surface area (Å²) in [7, 11) is 0. The zero-order chi connectivity index (χ0) is 18.6. The monoisotopic (exact) mass is 363 g/mol. The average Bonchev–Trinajstić information content (AvgIpc) is 3.30. The van der Waals surface area contributed by atoms with Crippen molar-refractivity contribution in [3.63, 3.8) is 0 Å². The van der Waals surface area contributed by atoms with Crippen molar-refractivity contribution in [2.24, 2.45) is 0 Å². The van der Waals surface area contributed by atoms with Crippen molar-refractivity contribution in [3.8, 4) is 11.6 Å². The van der Waals surface area contributed by atoms with Gasteiger partial charge in [0.2, 0.25) is 0 Å². The second kappa shape index (κ2) is 7.78. The first-order valence-corrected chi connectivity index (χ1v) is 9.53. The van der Waals surface area contributed by atoms with Gasteiger partial charge in [0.15, 0.2) is 5.82 Å². The van der Waals surface area contributed by atoms with Gasteiger partial charge in [0.1, 0.15) is 11.6 Å². The molecule has 1 saturated carbocycles. The SMILES string of the molecule is Cc1cc(C)n(-c2cncc(NCc3ccccc3OC3CCCC3)n2)n1. The highest BCUT2D eigenvalue weighted by molar-refractivity contribution is 5.41. The molecule has 0 unspecified atom stereocenters. The molecule has 0 atom stereocenters. The van der Waals surface area contributed by atoms with Crippen LogP contribution in [0.25, 0.3) is 5.82 Å². The predicted molar refractivity (Wildman–Crippen MR) is 105 cm³/mol. The van der Waals surface area contributed by atoms with Gasteiger partial charge < -0.3 is 10.1 Å². The van der Waals surface area contributed by atoms with Crippen LogP contribution in [0.4, 0.5) is 5.82 Å². The molecule has 0 bridgehead atoms. The molecular weight excluding hydrogens is 338 g/mol. The van der Waals surface area contributed by atoms with Crippen LogP contribution in [-0.4, -0.2) is 25.9 Å². The van der Waals surface area contributed by atoms with Crippen molar-refractivity contribution in [1.82, 2.24) is 19.7 Å². The standard InChI is InChI=1S/C21H25N5O/c1-15-11-16(2)26(25-15)21-14-22-13-20(24-21)23-12-17-7-3-6-10-19(17)27-18-8-4-5-9-18/h3,6-7,10-11,13-14,18H,4-5,8-9,12H2,1-2H3,(H,23,24). The number of hydrogen-bond acceptors (Lipinski definition) is 5. The number of aromatic nitrogens is 4. The first-order valence-electron chi connectivity index (χ1n) is 9.53. The molecule has 2 heterocycles. The molecule has 1 aromatic carbocycles. The zero-order valence-electron chi connectivity index (χ0n) is 15.9. The van der Waals surface area contributed by atoms with E-state index in [1.54, 1.807) is 12.4 Å². The van der Waals surface area contributed by atoms with E-state index < -0.39 is 0 Å². The number of nitrogens with one attached hydrogen (secondary N) is 1. The maximum absolute atomic E-state index is 6.22. The summed E-state index contributed by atoms with van der Waals surface area (Å²) in [6.45, 7) is 4.62. The van der Waals surface area contributed by atoms with E-state index in [1.807, 2.05) is 42.8 Å². The zero-order valence-corrected chi connectivity index (χ0v) is 15.9. The average molecular weight is 363 g/mol. The number of rotatable bonds is 6. The molecular formula is C21H25N5O. The van der Waals surface area contributed by atoms with Gasteiger partial charge in [-0.15, -0.1) is 0 Å². The lowest BCUT2D eigenvalue weighted by Gasteiger charge is -2.17. The van der Waals surface area contributed by atoms with Crippen molar-refractivity contribution in [2.75, 3.05) is 5.32 Å². The second-order valence-electron chi connectivity index (χ2n) is 7.09. The molecule has 1 N–H and O–H groups in total. The van der Waals surface area contributed by atoms with Crippen LogP contribution in [0.1, 0.15) is 42.6 Å². The van der Waals surface area contributed by atoms with E-state index in [1.165, 1.54) is 12.8 Å². The third-order valence-electron chi connectivity index (χ3n) is 4.88. The number of nitrogens with zero attached hydrogens (tertiary/aromatic N) is 4. The molecule has 3 aromatic rings. The van der Waals surface area contributed by atoms with Crippen molar-refractivity contribution in [1.29, 1.82) is 0 Å². The molecule has 6 heteroatoms. The number of aryl methyl sites for hydroxylation is 2. The van der Waals surface area contributed by atoms with E-state index in [2.05, 4.69) is 26.4 Å². The lowest BCUT2D eigenvalue weighted by Crippen LogP contribution is -2.13. The molecule has 2 aromatic heterocycles. The largest absolute Gasteiger partial charge is 0.490 e. The Kier molecular flexibility index (Phi) is 5.05. The first-order chi connectivity index (χ1) is 13.2. The summed E-state index contributed by atoms with van der Waals surface area (Å²) in [6, 6.07) is 10.2. The Morgan fingerprint density at radius 2 is 1.96 bits per heavy atom. The Balaban J connectivity index is 1.48. The van der Waals surface area contributed by atoms with Crippen LogP contribution in [0, 0.1) is 13.8 Å². The molecule has 1 aliphatic rings. The summed E-state index contributed by atoms with van der Waals surface area (Å²) in [5, 5.41) is 7.85. The van der Waals surface area contributed by atoms with Gasteiger partial charge in [-0.1, -0.05) is 18.2 Å². The number of para-hydroxylation sites is 1. The molecule has 1 fully saturated rings. The molecule has 6 nitrogen and oxygen atoms in total. The number of ether oxygens (including phenoxy) is 1. The molecule has 0 radical (unpaired) electrons. The maximum Gasteiger partial charge on any atom is 0.174 e. The number of benzene rings is 1. The fourth-order valence-corrected chi connectivity index (χ4v) is 3.54.